The third kappa shape index (κ3) is 4.93. The van der Waals surface area contributed by atoms with Crippen LogP contribution in [0, 0.1) is 0 Å². The predicted molar refractivity (Wildman–Crippen MR) is 68.4 cm³/mol. The Morgan fingerprint density at radius 1 is 1.12 bits per heavy atom. The van der Waals surface area contributed by atoms with E-state index in [1.165, 1.54) is 0 Å². The fourth-order valence-electron chi connectivity index (χ4n) is 1.86. The molecule has 0 fully saturated rings. The van der Waals surface area contributed by atoms with E-state index in [0.29, 0.717) is 26.2 Å². The van der Waals surface area contributed by atoms with Crippen molar-refractivity contribution in [3.8, 4) is 0 Å². The number of unbranched alkanes of at least 4 members (excludes halogenated alkanes) is 1. The largest absolute Gasteiger partial charge is 0.393 e. The quantitative estimate of drug-likeness (QED) is 0.455. The van der Waals surface area contributed by atoms with Gasteiger partial charge in [0.1, 0.15) is 0 Å². The van der Waals surface area contributed by atoms with E-state index in [2.05, 4.69) is 0 Å². The van der Waals surface area contributed by atoms with E-state index < -0.39 is 14.3 Å². The van der Waals surface area contributed by atoms with Crippen molar-refractivity contribution in [3.63, 3.8) is 0 Å². The highest BCUT2D eigenvalue weighted by Crippen LogP contribution is 2.23. The molecule has 0 aliphatic heterocycles. The molecule has 0 heterocycles. The maximum Gasteiger partial charge on any atom is 0.367 e. The van der Waals surface area contributed by atoms with E-state index in [9.17, 15) is 5.11 Å². The molecule has 0 spiro atoms. The van der Waals surface area contributed by atoms with Gasteiger partial charge in [0, 0.05) is 13.2 Å². The Hall–Kier alpha value is 0.0569. The van der Waals surface area contributed by atoms with Gasteiger partial charge >= 0.3 is 8.56 Å². The molecule has 0 aromatic heterocycles. The highest BCUT2D eigenvalue weighted by Gasteiger charge is 2.43. The van der Waals surface area contributed by atoms with Crippen LogP contribution in [-0.2, 0) is 8.85 Å². The molecular formula is C11H27NO3Si. The fourth-order valence-corrected chi connectivity index (χ4v) is 5.29. The molecule has 16 heavy (non-hydrogen) atoms. The average molecular weight is 249 g/mol. The minimum Gasteiger partial charge on any atom is -0.393 e. The Balaban J connectivity index is 4.50. The van der Waals surface area contributed by atoms with Gasteiger partial charge in [0.05, 0.1) is 5.73 Å². The summed E-state index contributed by atoms with van der Waals surface area (Å²) in [6.07, 6.45) is 2.62. The minimum atomic E-state index is -2.44. The smallest absolute Gasteiger partial charge is 0.367 e. The number of hydrogen-bond donors (Lipinski definition) is 2. The average Bonchev–Trinajstić information content (AvgIpc) is 2.28. The van der Waals surface area contributed by atoms with Gasteiger partial charge in [-0.05, 0) is 39.3 Å². The van der Waals surface area contributed by atoms with E-state index in [-0.39, 0.29) is 0 Å². The van der Waals surface area contributed by atoms with Crippen molar-refractivity contribution in [1.29, 1.82) is 0 Å². The van der Waals surface area contributed by atoms with Gasteiger partial charge in [-0.2, -0.15) is 0 Å². The first kappa shape index (κ1) is 16.1. The normalized spacial score (nSPS) is 14.1. The van der Waals surface area contributed by atoms with Gasteiger partial charge in [-0.1, -0.05) is 13.3 Å². The number of aliphatic hydroxyl groups is 1. The summed E-state index contributed by atoms with van der Waals surface area (Å²) in [5.74, 6) is 0. The van der Waals surface area contributed by atoms with Gasteiger partial charge in [-0.15, -0.1) is 0 Å². The lowest BCUT2D eigenvalue weighted by molar-refractivity contribution is 0.108. The van der Waals surface area contributed by atoms with Gasteiger partial charge in [0.25, 0.3) is 0 Å². The van der Waals surface area contributed by atoms with Crippen LogP contribution < -0.4 is 5.73 Å². The lowest BCUT2D eigenvalue weighted by Crippen LogP contribution is -2.53. The Kier molecular flexibility index (Phi) is 9.16. The number of hydrogen-bond acceptors (Lipinski definition) is 4. The molecular weight excluding hydrogens is 222 g/mol. The molecule has 0 saturated carbocycles. The molecule has 0 bridgehead atoms. The molecule has 0 amide bonds. The molecule has 0 saturated heterocycles. The summed E-state index contributed by atoms with van der Waals surface area (Å²) < 4.78 is 11.6. The first-order chi connectivity index (χ1) is 7.66. The predicted octanol–water partition coefficient (Wildman–Crippen LogP) is 1.55. The number of nitrogens with two attached hydrogens (primary N) is 1. The second-order valence-electron chi connectivity index (χ2n) is 3.85. The third-order valence-corrected chi connectivity index (χ3v) is 6.68. The van der Waals surface area contributed by atoms with Crippen molar-refractivity contribution < 1.29 is 14.0 Å². The Morgan fingerprint density at radius 3 is 2.06 bits per heavy atom. The zero-order valence-corrected chi connectivity index (χ0v) is 11.9. The lowest BCUT2D eigenvalue weighted by atomic mass is 10.3. The SMILES string of the molecule is CCO[Si](CCCCN)(OCC)C(O)CC. The van der Waals surface area contributed by atoms with Gasteiger partial charge in [-0.3, -0.25) is 0 Å². The van der Waals surface area contributed by atoms with E-state index in [1.807, 2.05) is 20.8 Å². The van der Waals surface area contributed by atoms with Crippen molar-refractivity contribution in [2.45, 2.75) is 51.8 Å². The zero-order chi connectivity index (χ0) is 12.4. The van der Waals surface area contributed by atoms with Crippen LogP contribution in [0.15, 0.2) is 0 Å². The lowest BCUT2D eigenvalue weighted by Gasteiger charge is -2.33. The van der Waals surface area contributed by atoms with Gasteiger partial charge in [0.15, 0.2) is 0 Å². The van der Waals surface area contributed by atoms with Gasteiger partial charge in [0.2, 0.25) is 0 Å². The standard InChI is InChI=1S/C11H27NO3Si/c1-4-11(13)16(14-5-2,15-6-3)10-8-7-9-12/h11,13H,4-10,12H2,1-3H3. The van der Waals surface area contributed by atoms with E-state index in [0.717, 1.165) is 18.9 Å². The topological polar surface area (TPSA) is 64.7 Å². The monoisotopic (exact) mass is 249 g/mol. The Morgan fingerprint density at radius 2 is 1.69 bits per heavy atom. The maximum absolute atomic E-state index is 10.1. The van der Waals surface area contributed by atoms with Crippen LogP contribution in [0.4, 0.5) is 0 Å². The van der Waals surface area contributed by atoms with E-state index in [1.54, 1.807) is 0 Å². The molecule has 1 atom stereocenters. The van der Waals surface area contributed by atoms with Crippen molar-refractivity contribution in [1.82, 2.24) is 0 Å². The van der Waals surface area contributed by atoms with Crippen molar-refractivity contribution in [2.24, 2.45) is 5.73 Å². The second-order valence-corrected chi connectivity index (χ2v) is 7.22. The van der Waals surface area contributed by atoms with Crippen LogP contribution in [0.5, 0.6) is 0 Å². The fraction of sp³-hybridized carbons (Fsp3) is 1.00. The Bertz CT molecular complexity index is 163. The van der Waals surface area contributed by atoms with Gasteiger partial charge in [-0.25, -0.2) is 0 Å². The summed E-state index contributed by atoms with van der Waals surface area (Å²) in [6.45, 7) is 7.76. The Labute approximate surface area is 100 Å². The summed E-state index contributed by atoms with van der Waals surface area (Å²) in [6, 6.07) is 0.834. The van der Waals surface area contributed by atoms with Crippen molar-refractivity contribution >= 4 is 8.56 Å². The minimum absolute atomic E-state index is 0.440. The zero-order valence-electron chi connectivity index (χ0n) is 10.9. The van der Waals surface area contributed by atoms with Crippen LogP contribution in [0.2, 0.25) is 6.04 Å². The molecule has 98 valence electrons. The van der Waals surface area contributed by atoms with Crippen molar-refractivity contribution in [2.75, 3.05) is 19.8 Å². The summed E-state index contributed by atoms with van der Waals surface area (Å²) in [5.41, 5.74) is 5.05. The molecule has 0 rings (SSSR count). The highest BCUT2D eigenvalue weighted by molar-refractivity contribution is 6.68. The summed E-state index contributed by atoms with van der Waals surface area (Å²) in [5, 5.41) is 10.1. The maximum atomic E-state index is 10.1. The summed E-state index contributed by atoms with van der Waals surface area (Å²) in [7, 11) is -2.44. The first-order valence-corrected chi connectivity index (χ1v) is 8.42. The second kappa shape index (κ2) is 9.12. The molecule has 0 aromatic carbocycles. The van der Waals surface area contributed by atoms with Gasteiger partial charge < -0.3 is 19.7 Å². The van der Waals surface area contributed by atoms with E-state index >= 15 is 0 Å². The van der Waals surface area contributed by atoms with E-state index in [4.69, 9.17) is 14.6 Å². The van der Waals surface area contributed by atoms with Crippen LogP contribution in [0.1, 0.15) is 40.0 Å². The van der Waals surface area contributed by atoms with Crippen LogP contribution in [0.25, 0.3) is 0 Å². The van der Waals surface area contributed by atoms with Crippen LogP contribution in [0.3, 0.4) is 0 Å². The molecule has 0 aliphatic carbocycles. The first-order valence-electron chi connectivity index (χ1n) is 6.32. The van der Waals surface area contributed by atoms with Crippen LogP contribution >= 0.6 is 0 Å². The molecule has 0 radical (unpaired) electrons. The molecule has 5 heteroatoms. The third-order valence-electron chi connectivity index (χ3n) is 2.65. The molecule has 0 aliphatic rings. The summed E-state index contributed by atoms with van der Waals surface area (Å²) >= 11 is 0. The number of aliphatic hydroxyl groups excluding tert-OH is 1. The summed E-state index contributed by atoms with van der Waals surface area (Å²) in [4.78, 5) is 0. The highest BCUT2D eigenvalue weighted by atomic mass is 28.4. The molecule has 4 nitrogen and oxygen atoms in total. The number of rotatable bonds is 10. The molecule has 3 N–H and O–H groups in total. The van der Waals surface area contributed by atoms with Crippen molar-refractivity contribution in [3.05, 3.63) is 0 Å². The van der Waals surface area contributed by atoms with Crippen LogP contribution in [-0.4, -0.2) is 39.2 Å². The molecule has 1 unspecified atom stereocenters. The molecule has 0 aromatic rings.